The fourth-order valence-corrected chi connectivity index (χ4v) is 5.76. The summed E-state index contributed by atoms with van der Waals surface area (Å²) in [5, 5.41) is -0.0784. The van der Waals surface area contributed by atoms with Crippen molar-refractivity contribution >= 4 is 15.7 Å². The predicted octanol–water partition coefficient (Wildman–Crippen LogP) is 3.85. The number of amides is 1. The van der Waals surface area contributed by atoms with E-state index in [1.165, 1.54) is 30.5 Å². The van der Waals surface area contributed by atoms with E-state index in [9.17, 15) is 17.6 Å². The van der Waals surface area contributed by atoms with Crippen LogP contribution in [0.2, 0.25) is 0 Å². The molecule has 0 radical (unpaired) electrons. The fourth-order valence-electron chi connectivity index (χ4n) is 4.26. The largest absolute Gasteiger partial charge is 0.497 e. The Morgan fingerprint density at radius 2 is 1.92 bits per heavy atom. The second-order valence-electron chi connectivity index (χ2n) is 8.71. The van der Waals surface area contributed by atoms with Gasteiger partial charge in [-0.05, 0) is 61.7 Å². The number of methoxy groups -OCH3 is 1. The molecule has 0 saturated carbocycles. The van der Waals surface area contributed by atoms with Crippen molar-refractivity contribution in [3.63, 3.8) is 0 Å². The molecule has 1 aromatic heterocycles. The first-order valence-corrected chi connectivity index (χ1v) is 13.5. The van der Waals surface area contributed by atoms with E-state index >= 15 is 0 Å². The molecular weight excluding hydrogens is 485 g/mol. The number of hydrogen-bond donors (Lipinski definition) is 0. The van der Waals surface area contributed by atoms with Gasteiger partial charge in [-0.15, -0.1) is 0 Å². The number of ether oxygens (including phenoxy) is 2. The van der Waals surface area contributed by atoms with Gasteiger partial charge in [0.2, 0.25) is 15.0 Å². The minimum Gasteiger partial charge on any atom is -0.497 e. The van der Waals surface area contributed by atoms with Gasteiger partial charge in [0.1, 0.15) is 11.6 Å². The summed E-state index contributed by atoms with van der Waals surface area (Å²) >= 11 is 0. The molecule has 0 aliphatic carbocycles. The number of benzene rings is 2. The average molecular weight is 516 g/mol. The van der Waals surface area contributed by atoms with Gasteiger partial charge in [-0.3, -0.25) is 4.79 Å². The van der Waals surface area contributed by atoms with E-state index in [1.54, 1.807) is 40.8 Å². The molecule has 1 fully saturated rings. The van der Waals surface area contributed by atoms with Gasteiger partial charge < -0.3 is 18.9 Å². The minimum atomic E-state index is -3.84. The molecule has 1 aliphatic rings. The highest BCUT2D eigenvalue weighted by Gasteiger charge is 2.28. The van der Waals surface area contributed by atoms with Crippen LogP contribution in [0.25, 0.3) is 0 Å². The molecule has 36 heavy (non-hydrogen) atoms. The van der Waals surface area contributed by atoms with Crippen LogP contribution in [0.4, 0.5) is 4.39 Å². The lowest BCUT2D eigenvalue weighted by molar-refractivity contribution is 0.0741. The third-order valence-electron chi connectivity index (χ3n) is 6.22. The number of nitrogens with zero attached hydrogens (tertiary/aromatic N) is 3. The number of aromatic nitrogens is 2. The summed E-state index contributed by atoms with van der Waals surface area (Å²) in [7, 11) is -2.28. The van der Waals surface area contributed by atoms with Crippen LogP contribution in [-0.2, 0) is 33.4 Å². The van der Waals surface area contributed by atoms with E-state index in [0.717, 1.165) is 12.8 Å². The molecule has 1 amide bonds. The molecule has 1 atom stereocenters. The van der Waals surface area contributed by atoms with Crippen LogP contribution in [0.15, 0.2) is 59.9 Å². The van der Waals surface area contributed by atoms with Gasteiger partial charge in [-0.2, -0.15) is 0 Å². The fraction of sp³-hybridized carbons (Fsp3) is 0.385. The third kappa shape index (κ3) is 5.93. The van der Waals surface area contributed by atoms with E-state index in [0.29, 0.717) is 42.3 Å². The van der Waals surface area contributed by atoms with E-state index in [2.05, 4.69) is 4.98 Å². The molecule has 10 heteroatoms. The Kier molecular flexibility index (Phi) is 8.05. The highest BCUT2D eigenvalue weighted by atomic mass is 32.2. The first kappa shape index (κ1) is 25.8. The SMILES string of the molecule is CCN(Cc1cnc(S(=O)(=O)Cc2ccc(F)cc2)n1C[C@@H]1CCCO1)C(=O)c1ccc(OC)cc1. The van der Waals surface area contributed by atoms with Crippen molar-refractivity contribution in [3.05, 3.63) is 77.4 Å². The van der Waals surface area contributed by atoms with E-state index in [-0.39, 0.29) is 29.5 Å². The lowest BCUT2D eigenvalue weighted by Gasteiger charge is -2.23. The molecule has 3 aromatic rings. The van der Waals surface area contributed by atoms with E-state index in [1.807, 2.05) is 6.92 Å². The summed E-state index contributed by atoms with van der Waals surface area (Å²) in [4.78, 5) is 19.1. The Morgan fingerprint density at radius 3 is 2.53 bits per heavy atom. The molecular formula is C26H30FN3O5S. The van der Waals surface area contributed by atoms with Gasteiger partial charge in [-0.25, -0.2) is 17.8 Å². The number of carbonyl (C=O) groups is 1. The van der Waals surface area contributed by atoms with E-state index in [4.69, 9.17) is 9.47 Å². The van der Waals surface area contributed by atoms with Gasteiger partial charge >= 0.3 is 0 Å². The van der Waals surface area contributed by atoms with Crippen molar-refractivity contribution in [1.29, 1.82) is 0 Å². The summed E-state index contributed by atoms with van der Waals surface area (Å²) < 4.78 is 52.6. The molecule has 0 spiro atoms. The Bertz CT molecular complexity index is 1280. The Balaban J connectivity index is 1.62. The van der Waals surface area contributed by atoms with Crippen LogP contribution in [0.5, 0.6) is 5.75 Å². The maximum absolute atomic E-state index is 13.4. The Hall–Kier alpha value is -3.24. The monoisotopic (exact) mass is 515 g/mol. The highest BCUT2D eigenvalue weighted by Crippen LogP contribution is 2.23. The molecule has 4 rings (SSSR count). The summed E-state index contributed by atoms with van der Waals surface area (Å²) in [6.07, 6.45) is 3.10. The van der Waals surface area contributed by atoms with E-state index < -0.39 is 15.7 Å². The average Bonchev–Trinajstić information content (AvgIpc) is 3.54. The van der Waals surface area contributed by atoms with Crippen LogP contribution >= 0.6 is 0 Å². The quantitative estimate of drug-likeness (QED) is 0.408. The normalized spacial score (nSPS) is 15.7. The van der Waals surface area contributed by atoms with Crippen LogP contribution in [-0.4, -0.2) is 55.1 Å². The number of rotatable bonds is 10. The number of halogens is 1. The van der Waals surface area contributed by atoms with Crippen molar-refractivity contribution in [2.75, 3.05) is 20.3 Å². The molecule has 192 valence electrons. The van der Waals surface area contributed by atoms with Crippen molar-refractivity contribution < 1.29 is 27.1 Å². The maximum atomic E-state index is 13.4. The zero-order valence-corrected chi connectivity index (χ0v) is 21.2. The van der Waals surface area contributed by atoms with Gasteiger partial charge in [0.15, 0.2) is 0 Å². The molecule has 0 bridgehead atoms. The van der Waals surface area contributed by atoms with Gasteiger partial charge in [0.05, 0.1) is 43.9 Å². The Labute approximate surface area is 210 Å². The van der Waals surface area contributed by atoms with Crippen LogP contribution in [0.3, 0.4) is 0 Å². The summed E-state index contributed by atoms with van der Waals surface area (Å²) in [6, 6.07) is 12.2. The van der Waals surface area contributed by atoms with Crippen molar-refractivity contribution in [1.82, 2.24) is 14.5 Å². The molecule has 1 aliphatic heterocycles. The summed E-state index contributed by atoms with van der Waals surface area (Å²) in [6.45, 7) is 3.43. The molecule has 1 saturated heterocycles. The second kappa shape index (κ2) is 11.2. The number of carbonyl (C=O) groups excluding carboxylic acids is 1. The summed E-state index contributed by atoms with van der Waals surface area (Å²) in [5.74, 6) is -0.266. The van der Waals surface area contributed by atoms with Gasteiger partial charge in [0.25, 0.3) is 5.91 Å². The Morgan fingerprint density at radius 1 is 1.19 bits per heavy atom. The number of hydrogen-bond acceptors (Lipinski definition) is 6. The van der Waals surface area contributed by atoms with Crippen molar-refractivity contribution in [2.45, 2.75) is 49.9 Å². The zero-order chi connectivity index (χ0) is 25.7. The smallest absolute Gasteiger partial charge is 0.254 e. The topological polar surface area (TPSA) is 90.7 Å². The van der Waals surface area contributed by atoms with Crippen LogP contribution in [0, 0.1) is 5.82 Å². The van der Waals surface area contributed by atoms with Crippen LogP contribution < -0.4 is 4.74 Å². The molecule has 0 unspecified atom stereocenters. The number of imidazole rings is 1. The minimum absolute atomic E-state index is 0.0784. The highest BCUT2D eigenvalue weighted by molar-refractivity contribution is 7.90. The maximum Gasteiger partial charge on any atom is 0.254 e. The molecule has 0 N–H and O–H groups in total. The number of sulfone groups is 1. The van der Waals surface area contributed by atoms with Crippen LogP contribution in [0.1, 0.15) is 41.4 Å². The molecule has 2 aromatic carbocycles. The second-order valence-corrected chi connectivity index (χ2v) is 10.6. The first-order valence-electron chi connectivity index (χ1n) is 11.9. The molecule has 2 heterocycles. The summed E-state index contributed by atoms with van der Waals surface area (Å²) in [5.41, 5.74) is 1.58. The molecule has 8 nitrogen and oxygen atoms in total. The lowest BCUT2D eigenvalue weighted by Crippen LogP contribution is -2.32. The van der Waals surface area contributed by atoms with Gasteiger partial charge in [-0.1, -0.05) is 12.1 Å². The van der Waals surface area contributed by atoms with Crippen molar-refractivity contribution in [3.8, 4) is 5.75 Å². The third-order valence-corrected chi connectivity index (χ3v) is 7.81. The zero-order valence-electron chi connectivity index (χ0n) is 20.4. The predicted molar refractivity (Wildman–Crippen MR) is 132 cm³/mol. The standard InChI is InChI=1S/C26H30FN3O5S/c1-3-29(25(31)20-8-12-23(34-2)13-9-20)16-22-15-28-26(30(22)17-24-5-4-14-35-24)36(32,33)18-19-6-10-21(27)11-7-19/h6-13,15,24H,3-5,14,16-18H2,1-2H3/t24-/m0/s1. The first-order chi connectivity index (χ1) is 17.3. The van der Waals surface area contributed by atoms with Gasteiger partial charge in [0, 0.05) is 18.7 Å². The van der Waals surface area contributed by atoms with Crippen molar-refractivity contribution in [2.24, 2.45) is 0 Å². The lowest BCUT2D eigenvalue weighted by atomic mass is 10.2.